The molecule has 82 valence electrons. The van der Waals surface area contributed by atoms with Gasteiger partial charge in [0, 0.05) is 24.4 Å². The van der Waals surface area contributed by atoms with Gasteiger partial charge in [-0.05, 0) is 30.9 Å². The van der Waals surface area contributed by atoms with Gasteiger partial charge >= 0.3 is 0 Å². The molecule has 0 spiro atoms. The summed E-state index contributed by atoms with van der Waals surface area (Å²) < 4.78 is 13.9. The van der Waals surface area contributed by atoms with Crippen LogP contribution in [-0.4, -0.2) is 16.7 Å². The number of pyridine rings is 1. The molecule has 1 aromatic rings. The first-order valence-corrected chi connectivity index (χ1v) is 5.49. The predicted molar refractivity (Wildman–Crippen MR) is 58.4 cm³/mol. The minimum Gasteiger partial charge on any atom is -0.327 e. The first-order valence-electron chi connectivity index (χ1n) is 5.49. The molecule has 0 aliphatic heterocycles. The number of hydrogen-bond donors (Lipinski definition) is 1. The van der Waals surface area contributed by atoms with Gasteiger partial charge in [-0.3, -0.25) is 4.98 Å². The van der Waals surface area contributed by atoms with Crippen molar-refractivity contribution in [1.29, 1.82) is 0 Å². The maximum atomic E-state index is 13.9. The minimum atomic E-state index is -1.10. The summed E-state index contributed by atoms with van der Waals surface area (Å²) in [5.74, 6) is 0. The van der Waals surface area contributed by atoms with Crippen LogP contribution < -0.4 is 5.73 Å². The fraction of sp³-hybridized carbons (Fsp3) is 0.583. The lowest BCUT2D eigenvalue weighted by atomic mass is 9.75. The Hall–Kier alpha value is -0.960. The Bertz CT molecular complexity index is 328. The molecule has 0 saturated heterocycles. The van der Waals surface area contributed by atoms with Gasteiger partial charge in [0.05, 0.1) is 0 Å². The minimum absolute atomic E-state index is 0.0462. The molecule has 1 saturated carbocycles. The number of nitrogens with zero attached hydrogens (tertiary/aromatic N) is 1. The van der Waals surface area contributed by atoms with E-state index in [9.17, 15) is 4.39 Å². The molecule has 3 heteroatoms. The van der Waals surface area contributed by atoms with E-state index >= 15 is 0 Å². The van der Waals surface area contributed by atoms with Gasteiger partial charge in [0.2, 0.25) is 0 Å². The standard InChI is InChI=1S/C12H17FN2/c1-2-9-3-4-11(15-8-9)7-12(13)5-10(14)6-12/h3-4,8,10H,2,5-7,14H2,1H3. The SMILES string of the molecule is CCc1ccc(CC2(F)CC(N)C2)nc1. The van der Waals surface area contributed by atoms with E-state index in [1.165, 1.54) is 5.56 Å². The van der Waals surface area contributed by atoms with Crippen molar-refractivity contribution < 1.29 is 4.39 Å². The van der Waals surface area contributed by atoms with Gasteiger partial charge in [0.1, 0.15) is 5.67 Å². The van der Waals surface area contributed by atoms with Crippen molar-refractivity contribution in [2.75, 3.05) is 0 Å². The van der Waals surface area contributed by atoms with Gasteiger partial charge < -0.3 is 5.73 Å². The Morgan fingerprint density at radius 2 is 2.27 bits per heavy atom. The summed E-state index contributed by atoms with van der Waals surface area (Å²) in [6, 6.07) is 3.99. The highest BCUT2D eigenvalue weighted by Crippen LogP contribution is 2.37. The smallest absolute Gasteiger partial charge is 0.119 e. The van der Waals surface area contributed by atoms with Gasteiger partial charge in [0.15, 0.2) is 0 Å². The van der Waals surface area contributed by atoms with Crippen LogP contribution in [0.15, 0.2) is 18.3 Å². The Morgan fingerprint density at radius 3 is 2.73 bits per heavy atom. The van der Waals surface area contributed by atoms with Crippen LogP contribution in [0.25, 0.3) is 0 Å². The third kappa shape index (κ3) is 2.34. The molecule has 1 aliphatic carbocycles. The van der Waals surface area contributed by atoms with Crippen molar-refractivity contribution >= 4 is 0 Å². The number of alkyl halides is 1. The van der Waals surface area contributed by atoms with Crippen LogP contribution in [0.2, 0.25) is 0 Å². The first-order chi connectivity index (χ1) is 7.11. The van der Waals surface area contributed by atoms with E-state index in [0.29, 0.717) is 19.3 Å². The van der Waals surface area contributed by atoms with Crippen LogP contribution in [0.4, 0.5) is 4.39 Å². The molecule has 0 unspecified atom stereocenters. The summed E-state index contributed by atoms with van der Waals surface area (Å²) in [7, 11) is 0. The number of rotatable bonds is 3. The van der Waals surface area contributed by atoms with Crippen LogP contribution in [-0.2, 0) is 12.8 Å². The van der Waals surface area contributed by atoms with Gasteiger partial charge in [-0.25, -0.2) is 4.39 Å². The molecular formula is C12H17FN2. The summed E-state index contributed by atoms with van der Waals surface area (Å²) in [6.45, 7) is 2.08. The number of halogens is 1. The maximum absolute atomic E-state index is 13.9. The van der Waals surface area contributed by atoms with Crippen LogP contribution in [0.5, 0.6) is 0 Å². The molecule has 1 aromatic heterocycles. The molecule has 2 nitrogen and oxygen atoms in total. The lowest BCUT2D eigenvalue weighted by molar-refractivity contribution is 0.0435. The van der Waals surface area contributed by atoms with E-state index in [-0.39, 0.29) is 6.04 Å². The van der Waals surface area contributed by atoms with E-state index in [0.717, 1.165) is 12.1 Å². The van der Waals surface area contributed by atoms with Crippen molar-refractivity contribution in [3.8, 4) is 0 Å². The lowest BCUT2D eigenvalue weighted by Crippen LogP contribution is -2.49. The highest BCUT2D eigenvalue weighted by molar-refractivity contribution is 5.17. The van der Waals surface area contributed by atoms with Gasteiger partial charge in [-0.15, -0.1) is 0 Å². The summed E-state index contributed by atoms with van der Waals surface area (Å²) >= 11 is 0. The van der Waals surface area contributed by atoms with Gasteiger partial charge in [-0.1, -0.05) is 13.0 Å². The third-order valence-corrected chi connectivity index (χ3v) is 3.05. The molecule has 1 heterocycles. The number of nitrogens with two attached hydrogens (primary N) is 1. The highest BCUT2D eigenvalue weighted by Gasteiger charge is 2.43. The molecule has 0 aromatic carbocycles. The average Bonchev–Trinajstić information content (AvgIpc) is 2.17. The second kappa shape index (κ2) is 3.89. The molecule has 1 fully saturated rings. The molecule has 0 atom stereocenters. The first kappa shape index (κ1) is 10.6. The zero-order valence-corrected chi connectivity index (χ0v) is 9.04. The van der Waals surface area contributed by atoms with E-state index in [2.05, 4.69) is 11.9 Å². The second-order valence-electron chi connectivity index (χ2n) is 4.51. The quantitative estimate of drug-likeness (QED) is 0.825. The van der Waals surface area contributed by atoms with Crippen LogP contribution in [0, 0.1) is 0 Å². The summed E-state index contributed by atoms with van der Waals surface area (Å²) in [4.78, 5) is 4.26. The number of aryl methyl sites for hydroxylation is 1. The molecule has 2 rings (SSSR count). The Labute approximate surface area is 89.7 Å². The predicted octanol–water partition coefficient (Wildman–Crippen LogP) is 2.02. The van der Waals surface area contributed by atoms with Crippen molar-refractivity contribution in [3.63, 3.8) is 0 Å². The topological polar surface area (TPSA) is 38.9 Å². The zero-order valence-electron chi connectivity index (χ0n) is 9.04. The highest BCUT2D eigenvalue weighted by atomic mass is 19.1. The fourth-order valence-corrected chi connectivity index (χ4v) is 2.12. The van der Waals surface area contributed by atoms with Crippen molar-refractivity contribution in [2.45, 2.75) is 44.3 Å². The summed E-state index contributed by atoms with van der Waals surface area (Å²) in [5.41, 5.74) is 6.52. The van der Waals surface area contributed by atoms with Crippen LogP contribution in [0.3, 0.4) is 0 Å². The molecule has 0 radical (unpaired) electrons. The third-order valence-electron chi connectivity index (χ3n) is 3.05. The zero-order chi connectivity index (χ0) is 10.9. The van der Waals surface area contributed by atoms with E-state index in [1.54, 1.807) is 0 Å². The van der Waals surface area contributed by atoms with Crippen molar-refractivity contribution in [2.24, 2.45) is 5.73 Å². The van der Waals surface area contributed by atoms with E-state index in [1.807, 2.05) is 18.3 Å². The Kier molecular flexibility index (Phi) is 2.74. The largest absolute Gasteiger partial charge is 0.327 e. The van der Waals surface area contributed by atoms with Crippen molar-refractivity contribution in [3.05, 3.63) is 29.6 Å². The van der Waals surface area contributed by atoms with Crippen molar-refractivity contribution in [1.82, 2.24) is 4.98 Å². The van der Waals surface area contributed by atoms with E-state index in [4.69, 9.17) is 5.73 Å². The van der Waals surface area contributed by atoms with Crippen LogP contribution in [0.1, 0.15) is 31.0 Å². The Morgan fingerprint density at radius 1 is 1.53 bits per heavy atom. The normalized spacial score (nSPS) is 29.9. The number of aromatic nitrogens is 1. The van der Waals surface area contributed by atoms with E-state index < -0.39 is 5.67 Å². The Balaban J connectivity index is 1.99. The summed E-state index contributed by atoms with van der Waals surface area (Å²) in [5, 5.41) is 0. The molecule has 1 aliphatic rings. The molecule has 0 amide bonds. The fourth-order valence-electron chi connectivity index (χ4n) is 2.12. The van der Waals surface area contributed by atoms with Crippen LogP contribution >= 0.6 is 0 Å². The second-order valence-corrected chi connectivity index (χ2v) is 4.51. The molecule has 15 heavy (non-hydrogen) atoms. The average molecular weight is 208 g/mol. The lowest BCUT2D eigenvalue weighted by Gasteiger charge is -2.39. The molecule has 0 bridgehead atoms. The maximum Gasteiger partial charge on any atom is 0.119 e. The summed E-state index contributed by atoms with van der Waals surface area (Å²) in [6.07, 6.45) is 4.16. The molecular weight excluding hydrogens is 191 g/mol. The number of hydrogen-bond acceptors (Lipinski definition) is 2. The molecule has 2 N–H and O–H groups in total. The monoisotopic (exact) mass is 208 g/mol. The van der Waals surface area contributed by atoms with Gasteiger partial charge in [-0.2, -0.15) is 0 Å². The van der Waals surface area contributed by atoms with Gasteiger partial charge in [0.25, 0.3) is 0 Å².